The molecule has 1 amide bonds. The number of amides is 1. The molecular weight excluding hydrogens is 277 g/mol. The number of benzene rings is 1. The maximum Gasteiger partial charge on any atom is 0.308 e. The predicted molar refractivity (Wildman–Crippen MR) is 72.3 cm³/mol. The van der Waals surface area contributed by atoms with Crippen LogP contribution in [0.25, 0.3) is 11.0 Å². The molecule has 1 fully saturated rings. The molecule has 2 aromatic rings. The number of halogens is 1. The van der Waals surface area contributed by atoms with Gasteiger partial charge in [0.05, 0.1) is 23.3 Å². The molecule has 1 aromatic carbocycles. The fraction of sp³-hybridized carbons (Fsp3) is 0.357. The van der Waals surface area contributed by atoms with Crippen LogP contribution in [-0.4, -0.2) is 33.0 Å². The number of carbonyl (C=O) groups excluding carboxylic acids is 1. The molecule has 3 rings (SSSR count). The van der Waals surface area contributed by atoms with E-state index in [1.165, 1.54) is 12.4 Å². The van der Waals surface area contributed by atoms with E-state index < -0.39 is 29.7 Å². The summed E-state index contributed by atoms with van der Waals surface area (Å²) in [5.74, 6) is -2.54. The van der Waals surface area contributed by atoms with Crippen molar-refractivity contribution in [2.45, 2.75) is 25.3 Å². The van der Waals surface area contributed by atoms with Crippen molar-refractivity contribution >= 4 is 22.9 Å². The molecule has 110 valence electrons. The summed E-state index contributed by atoms with van der Waals surface area (Å²) in [6.07, 6.45) is 3.29. The Balaban J connectivity index is 1.87. The number of carbonyl (C=O) groups is 2. The summed E-state index contributed by atoms with van der Waals surface area (Å²) in [5, 5.41) is 11.8. The summed E-state index contributed by atoms with van der Waals surface area (Å²) >= 11 is 0. The fourth-order valence-electron chi connectivity index (χ4n) is 2.86. The normalized spacial score (nSPS) is 21.6. The second kappa shape index (κ2) is 5.16. The highest BCUT2D eigenvalue weighted by molar-refractivity contribution is 6.05. The van der Waals surface area contributed by atoms with E-state index in [-0.39, 0.29) is 5.56 Å². The standard InChI is InChI=1S/C14H14FN3O3/c15-7-4-9(12-11(5-7)16-6-17-12)13(19)18-10-3-1-2-8(10)14(20)21/h4-6,8,10H,1-3H2,(H,16,17)(H,18,19)(H,20,21)/t8-,10+/m1/s1. The molecule has 1 aliphatic rings. The van der Waals surface area contributed by atoms with Crippen LogP contribution in [0.15, 0.2) is 18.5 Å². The number of fused-ring (bicyclic) bond motifs is 1. The molecule has 0 unspecified atom stereocenters. The summed E-state index contributed by atoms with van der Waals surface area (Å²) in [5.41, 5.74) is 0.919. The van der Waals surface area contributed by atoms with Crippen LogP contribution in [0.1, 0.15) is 29.6 Å². The fourth-order valence-corrected chi connectivity index (χ4v) is 2.86. The van der Waals surface area contributed by atoms with Gasteiger partial charge in [-0.05, 0) is 25.0 Å². The van der Waals surface area contributed by atoms with Gasteiger partial charge in [0.1, 0.15) is 11.3 Å². The Morgan fingerprint density at radius 2 is 2.19 bits per heavy atom. The molecule has 2 atom stereocenters. The third kappa shape index (κ3) is 2.46. The first kappa shape index (κ1) is 13.5. The second-order valence-corrected chi connectivity index (χ2v) is 5.21. The van der Waals surface area contributed by atoms with Crippen LogP contribution in [0.3, 0.4) is 0 Å². The van der Waals surface area contributed by atoms with Gasteiger partial charge in [-0.15, -0.1) is 0 Å². The Bertz CT molecular complexity index is 713. The van der Waals surface area contributed by atoms with Gasteiger partial charge in [0.2, 0.25) is 0 Å². The van der Waals surface area contributed by atoms with E-state index in [1.54, 1.807) is 0 Å². The van der Waals surface area contributed by atoms with Gasteiger partial charge >= 0.3 is 5.97 Å². The largest absolute Gasteiger partial charge is 0.481 e. The summed E-state index contributed by atoms with van der Waals surface area (Å²) in [4.78, 5) is 30.2. The first-order valence-corrected chi connectivity index (χ1v) is 6.72. The average molecular weight is 291 g/mol. The van der Waals surface area contributed by atoms with Crippen molar-refractivity contribution in [3.05, 3.63) is 29.8 Å². The molecule has 0 bridgehead atoms. The number of nitrogens with one attached hydrogen (secondary N) is 2. The van der Waals surface area contributed by atoms with Gasteiger partial charge in [-0.1, -0.05) is 6.42 Å². The number of carboxylic acids is 1. The van der Waals surface area contributed by atoms with Crippen molar-refractivity contribution in [1.29, 1.82) is 0 Å². The molecule has 1 aromatic heterocycles. The Labute approximate surface area is 119 Å². The van der Waals surface area contributed by atoms with Gasteiger partial charge in [0.25, 0.3) is 5.91 Å². The molecule has 0 radical (unpaired) electrons. The molecule has 0 spiro atoms. The van der Waals surface area contributed by atoms with Gasteiger partial charge in [-0.3, -0.25) is 9.59 Å². The summed E-state index contributed by atoms with van der Waals surface area (Å²) in [6.45, 7) is 0. The average Bonchev–Trinajstić information content (AvgIpc) is 3.05. The van der Waals surface area contributed by atoms with E-state index in [1.807, 2.05) is 0 Å². The van der Waals surface area contributed by atoms with E-state index in [0.717, 1.165) is 12.5 Å². The minimum atomic E-state index is -0.915. The second-order valence-electron chi connectivity index (χ2n) is 5.21. The Hall–Kier alpha value is -2.44. The van der Waals surface area contributed by atoms with Crippen LogP contribution in [0, 0.1) is 11.7 Å². The van der Waals surface area contributed by atoms with E-state index in [4.69, 9.17) is 5.11 Å². The van der Waals surface area contributed by atoms with Crippen molar-refractivity contribution < 1.29 is 19.1 Å². The highest BCUT2D eigenvalue weighted by Crippen LogP contribution is 2.26. The van der Waals surface area contributed by atoms with Gasteiger partial charge in [0, 0.05) is 6.04 Å². The molecule has 0 saturated heterocycles. The molecule has 0 aliphatic heterocycles. The molecular formula is C14H14FN3O3. The number of aromatic amines is 1. The number of imidazole rings is 1. The van der Waals surface area contributed by atoms with E-state index >= 15 is 0 Å². The van der Waals surface area contributed by atoms with Crippen molar-refractivity contribution in [3.8, 4) is 0 Å². The summed E-state index contributed by atoms with van der Waals surface area (Å²) < 4.78 is 13.5. The van der Waals surface area contributed by atoms with Crippen molar-refractivity contribution in [2.75, 3.05) is 0 Å². The van der Waals surface area contributed by atoms with Crippen LogP contribution in [0.2, 0.25) is 0 Å². The molecule has 1 aliphatic carbocycles. The molecule has 1 saturated carbocycles. The lowest BCUT2D eigenvalue weighted by Gasteiger charge is -2.17. The Morgan fingerprint density at radius 3 is 2.95 bits per heavy atom. The highest BCUT2D eigenvalue weighted by Gasteiger charge is 2.34. The number of carboxylic acid groups (broad SMARTS) is 1. The van der Waals surface area contributed by atoms with Crippen LogP contribution in [0.5, 0.6) is 0 Å². The molecule has 3 N–H and O–H groups in total. The zero-order valence-corrected chi connectivity index (χ0v) is 11.1. The number of nitrogens with zero attached hydrogens (tertiary/aromatic N) is 1. The first-order valence-electron chi connectivity index (χ1n) is 6.72. The van der Waals surface area contributed by atoms with E-state index in [2.05, 4.69) is 15.3 Å². The predicted octanol–water partition coefficient (Wildman–Crippen LogP) is 1.69. The number of rotatable bonds is 3. The Kier molecular flexibility index (Phi) is 3.32. The quantitative estimate of drug-likeness (QED) is 0.802. The monoisotopic (exact) mass is 291 g/mol. The number of aromatic nitrogens is 2. The summed E-state index contributed by atoms with van der Waals surface area (Å²) in [6, 6.07) is 1.95. The minimum Gasteiger partial charge on any atom is -0.481 e. The van der Waals surface area contributed by atoms with E-state index in [0.29, 0.717) is 23.9 Å². The highest BCUT2D eigenvalue weighted by atomic mass is 19.1. The van der Waals surface area contributed by atoms with Crippen LogP contribution < -0.4 is 5.32 Å². The van der Waals surface area contributed by atoms with Crippen molar-refractivity contribution in [2.24, 2.45) is 5.92 Å². The van der Waals surface area contributed by atoms with Gasteiger partial charge in [-0.25, -0.2) is 9.37 Å². The maximum absolute atomic E-state index is 13.5. The first-order chi connectivity index (χ1) is 10.1. The lowest BCUT2D eigenvalue weighted by molar-refractivity contribution is -0.142. The molecule has 6 nitrogen and oxygen atoms in total. The Morgan fingerprint density at radius 1 is 1.38 bits per heavy atom. The maximum atomic E-state index is 13.5. The molecule has 21 heavy (non-hydrogen) atoms. The summed E-state index contributed by atoms with van der Waals surface area (Å²) in [7, 11) is 0. The third-order valence-electron chi connectivity index (χ3n) is 3.88. The smallest absolute Gasteiger partial charge is 0.308 e. The van der Waals surface area contributed by atoms with E-state index in [9.17, 15) is 14.0 Å². The van der Waals surface area contributed by atoms with Crippen LogP contribution in [0.4, 0.5) is 4.39 Å². The zero-order valence-electron chi connectivity index (χ0n) is 11.1. The topological polar surface area (TPSA) is 95.1 Å². The number of aliphatic carboxylic acids is 1. The number of hydrogen-bond donors (Lipinski definition) is 3. The molecule has 1 heterocycles. The third-order valence-corrected chi connectivity index (χ3v) is 3.88. The minimum absolute atomic E-state index is 0.113. The van der Waals surface area contributed by atoms with Crippen LogP contribution in [-0.2, 0) is 4.79 Å². The lowest BCUT2D eigenvalue weighted by Crippen LogP contribution is -2.40. The molecule has 7 heteroatoms. The van der Waals surface area contributed by atoms with Gasteiger partial charge < -0.3 is 15.4 Å². The number of H-pyrrole nitrogens is 1. The number of hydrogen-bond acceptors (Lipinski definition) is 3. The van der Waals surface area contributed by atoms with Crippen molar-refractivity contribution in [1.82, 2.24) is 15.3 Å². The van der Waals surface area contributed by atoms with Gasteiger partial charge in [-0.2, -0.15) is 0 Å². The zero-order chi connectivity index (χ0) is 15.0. The van der Waals surface area contributed by atoms with Gasteiger partial charge in [0.15, 0.2) is 0 Å². The lowest BCUT2D eigenvalue weighted by atomic mass is 10.0. The van der Waals surface area contributed by atoms with Crippen molar-refractivity contribution in [3.63, 3.8) is 0 Å². The van der Waals surface area contributed by atoms with Crippen LogP contribution >= 0.6 is 0 Å². The SMILES string of the molecule is O=C(N[C@H]1CCC[C@H]1C(=O)O)c1cc(F)cc2[nH]cnc12.